The maximum Gasteiger partial charge on any atom is 0.0706 e. The van der Waals surface area contributed by atoms with E-state index in [1.807, 2.05) is 18.2 Å². The molecule has 3 rings (SSSR count). The highest BCUT2D eigenvalue weighted by Gasteiger charge is 2.17. The molecule has 0 saturated heterocycles. The van der Waals surface area contributed by atoms with Crippen LogP contribution in [0.3, 0.4) is 0 Å². The smallest absolute Gasteiger partial charge is 0.0706 e. The summed E-state index contributed by atoms with van der Waals surface area (Å²) in [6.07, 6.45) is 2.94. The van der Waals surface area contributed by atoms with Crippen molar-refractivity contribution in [2.45, 2.75) is 64.8 Å². The molecule has 3 aromatic carbocycles. The summed E-state index contributed by atoms with van der Waals surface area (Å²) in [5, 5.41) is 10.7. The third-order valence-corrected chi connectivity index (χ3v) is 6.22. The molecule has 170 valence electrons. The zero-order valence-corrected chi connectivity index (χ0v) is 19.6. The van der Waals surface area contributed by atoms with Crippen molar-refractivity contribution in [3.63, 3.8) is 0 Å². The molecule has 0 spiro atoms. The second-order valence-electron chi connectivity index (χ2n) is 8.76. The maximum absolute atomic E-state index is 10.7. The number of benzene rings is 3. The maximum atomic E-state index is 10.7. The van der Waals surface area contributed by atoms with Crippen LogP contribution < -0.4 is 5.73 Å². The number of aliphatic hydroxyl groups excluding tert-OH is 1. The fraction of sp³-hybridized carbons (Fsp3) is 0.379. The van der Waals surface area contributed by atoms with Crippen LogP contribution >= 0.6 is 0 Å². The van der Waals surface area contributed by atoms with E-state index in [0.717, 1.165) is 32.5 Å². The van der Waals surface area contributed by atoms with Gasteiger partial charge in [0.15, 0.2) is 0 Å². The first-order valence-electron chi connectivity index (χ1n) is 11.9. The van der Waals surface area contributed by atoms with Gasteiger partial charge in [-0.15, -0.1) is 0 Å². The quantitative estimate of drug-likeness (QED) is 0.419. The molecule has 3 aromatic rings. The zero-order valence-electron chi connectivity index (χ0n) is 19.6. The monoisotopic (exact) mass is 430 g/mol. The SMILES string of the molecule is CCc1ccc(CN(CC[C@@H](O)[C@@H](N)Cc2ccccc2)Cc2ccc(CC)cc2)cc1. The Bertz CT molecular complexity index is 857. The molecule has 2 atom stereocenters. The summed E-state index contributed by atoms with van der Waals surface area (Å²) in [4.78, 5) is 2.42. The first kappa shape index (κ1) is 24.2. The minimum atomic E-state index is -0.525. The molecular formula is C29H38N2O. The molecule has 0 unspecified atom stereocenters. The zero-order chi connectivity index (χ0) is 22.8. The number of rotatable bonds is 12. The van der Waals surface area contributed by atoms with E-state index in [1.165, 1.54) is 27.8 Å². The average Bonchev–Trinajstić information content (AvgIpc) is 2.84. The van der Waals surface area contributed by atoms with Crippen LogP contribution in [0.15, 0.2) is 78.9 Å². The van der Waals surface area contributed by atoms with Crippen molar-refractivity contribution in [3.8, 4) is 0 Å². The molecule has 3 heteroatoms. The lowest BCUT2D eigenvalue weighted by atomic mass is 10.00. The van der Waals surface area contributed by atoms with Gasteiger partial charge in [-0.1, -0.05) is 92.7 Å². The predicted molar refractivity (Wildman–Crippen MR) is 134 cm³/mol. The molecular weight excluding hydrogens is 392 g/mol. The van der Waals surface area contributed by atoms with Crippen LogP contribution in [0.2, 0.25) is 0 Å². The third-order valence-electron chi connectivity index (χ3n) is 6.22. The first-order chi connectivity index (χ1) is 15.6. The fourth-order valence-corrected chi connectivity index (χ4v) is 4.04. The van der Waals surface area contributed by atoms with Crippen molar-refractivity contribution < 1.29 is 5.11 Å². The molecule has 32 heavy (non-hydrogen) atoms. The van der Waals surface area contributed by atoms with E-state index in [9.17, 15) is 5.11 Å². The van der Waals surface area contributed by atoms with Gasteiger partial charge in [0.05, 0.1) is 6.10 Å². The van der Waals surface area contributed by atoms with Gasteiger partial charge in [-0.25, -0.2) is 0 Å². The van der Waals surface area contributed by atoms with Crippen molar-refractivity contribution in [2.75, 3.05) is 6.54 Å². The molecule has 0 aliphatic heterocycles. The molecule has 0 saturated carbocycles. The molecule has 0 aromatic heterocycles. The van der Waals surface area contributed by atoms with E-state index >= 15 is 0 Å². The van der Waals surface area contributed by atoms with Crippen molar-refractivity contribution >= 4 is 0 Å². The van der Waals surface area contributed by atoms with E-state index in [0.29, 0.717) is 12.8 Å². The fourth-order valence-electron chi connectivity index (χ4n) is 4.04. The number of aryl methyl sites for hydroxylation is 2. The number of hydrogen-bond acceptors (Lipinski definition) is 3. The Labute approximate surface area is 193 Å². The number of hydrogen-bond donors (Lipinski definition) is 2. The summed E-state index contributed by atoms with van der Waals surface area (Å²) < 4.78 is 0. The van der Waals surface area contributed by atoms with Gasteiger partial charge in [0.25, 0.3) is 0 Å². The highest BCUT2D eigenvalue weighted by Crippen LogP contribution is 2.15. The lowest BCUT2D eigenvalue weighted by molar-refractivity contribution is 0.112. The summed E-state index contributed by atoms with van der Waals surface area (Å²) in [6, 6.07) is 27.7. The van der Waals surface area contributed by atoms with E-state index in [1.54, 1.807) is 0 Å². The van der Waals surface area contributed by atoms with Crippen molar-refractivity contribution in [1.82, 2.24) is 4.90 Å². The second kappa shape index (κ2) is 12.5. The van der Waals surface area contributed by atoms with Crippen LogP contribution in [0, 0.1) is 0 Å². The van der Waals surface area contributed by atoms with Crippen LogP contribution in [0.4, 0.5) is 0 Å². The highest BCUT2D eigenvalue weighted by atomic mass is 16.3. The number of nitrogens with two attached hydrogens (primary N) is 1. The molecule has 0 bridgehead atoms. The first-order valence-corrected chi connectivity index (χ1v) is 11.9. The lowest BCUT2D eigenvalue weighted by Crippen LogP contribution is -2.39. The Morgan fingerprint density at radius 1 is 0.688 bits per heavy atom. The Hall–Kier alpha value is -2.46. The van der Waals surface area contributed by atoms with Gasteiger partial charge in [0.2, 0.25) is 0 Å². The Kier molecular flexibility index (Phi) is 9.48. The summed E-state index contributed by atoms with van der Waals surface area (Å²) in [6.45, 7) is 6.89. The van der Waals surface area contributed by atoms with E-state index in [-0.39, 0.29) is 6.04 Å². The van der Waals surface area contributed by atoms with E-state index in [2.05, 4.69) is 79.4 Å². The molecule has 3 N–H and O–H groups in total. The van der Waals surface area contributed by atoms with Gasteiger partial charge in [0, 0.05) is 25.7 Å². The Balaban J connectivity index is 1.63. The summed E-state index contributed by atoms with van der Waals surface area (Å²) in [5.74, 6) is 0. The molecule has 0 aliphatic carbocycles. The van der Waals surface area contributed by atoms with E-state index < -0.39 is 6.10 Å². The van der Waals surface area contributed by atoms with Gasteiger partial charge >= 0.3 is 0 Å². The van der Waals surface area contributed by atoms with E-state index in [4.69, 9.17) is 5.73 Å². The molecule has 3 nitrogen and oxygen atoms in total. The minimum absolute atomic E-state index is 0.257. The molecule has 0 fully saturated rings. The molecule has 0 amide bonds. The lowest BCUT2D eigenvalue weighted by Gasteiger charge is -2.26. The van der Waals surface area contributed by atoms with Crippen LogP contribution in [0.1, 0.15) is 48.1 Å². The summed E-state index contributed by atoms with van der Waals surface area (Å²) in [5.41, 5.74) is 12.8. The largest absolute Gasteiger partial charge is 0.391 e. The Morgan fingerprint density at radius 3 is 1.62 bits per heavy atom. The summed E-state index contributed by atoms with van der Waals surface area (Å²) >= 11 is 0. The van der Waals surface area contributed by atoms with Crippen LogP contribution in [-0.2, 0) is 32.4 Å². The summed E-state index contributed by atoms with van der Waals surface area (Å²) in [7, 11) is 0. The van der Waals surface area contributed by atoms with Gasteiger partial charge in [-0.2, -0.15) is 0 Å². The molecule has 0 radical (unpaired) electrons. The third kappa shape index (κ3) is 7.59. The minimum Gasteiger partial charge on any atom is -0.391 e. The second-order valence-corrected chi connectivity index (χ2v) is 8.76. The van der Waals surface area contributed by atoms with Gasteiger partial charge in [0.1, 0.15) is 0 Å². The van der Waals surface area contributed by atoms with Gasteiger partial charge < -0.3 is 10.8 Å². The number of nitrogens with zero attached hydrogens (tertiary/aromatic N) is 1. The average molecular weight is 431 g/mol. The van der Waals surface area contributed by atoms with Crippen molar-refractivity contribution in [1.29, 1.82) is 0 Å². The standard InChI is InChI=1S/C29H38N2O/c1-3-23-10-14-26(15-11-23)21-31(22-27-16-12-24(4-2)13-17-27)19-18-29(32)28(30)20-25-8-6-5-7-9-25/h5-17,28-29,32H,3-4,18-22,30H2,1-2H3/t28-,29+/m0/s1. The van der Waals surface area contributed by atoms with Gasteiger partial charge in [-0.05, 0) is 53.5 Å². The molecule has 0 heterocycles. The highest BCUT2D eigenvalue weighted by molar-refractivity contribution is 5.24. The van der Waals surface area contributed by atoms with Crippen molar-refractivity contribution in [3.05, 3.63) is 107 Å². The van der Waals surface area contributed by atoms with Crippen LogP contribution in [0.25, 0.3) is 0 Å². The van der Waals surface area contributed by atoms with Gasteiger partial charge in [-0.3, -0.25) is 4.90 Å². The molecule has 0 aliphatic rings. The Morgan fingerprint density at radius 2 is 1.16 bits per heavy atom. The van der Waals surface area contributed by atoms with Crippen LogP contribution in [-0.4, -0.2) is 28.7 Å². The van der Waals surface area contributed by atoms with Crippen molar-refractivity contribution in [2.24, 2.45) is 5.73 Å². The predicted octanol–water partition coefficient (Wildman–Crippen LogP) is 5.13. The number of aliphatic hydroxyl groups is 1. The normalized spacial score (nSPS) is 13.3. The topological polar surface area (TPSA) is 49.5 Å². The van der Waals surface area contributed by atoms with Crippen LogP contribution in [0.5, 0.6) is 0 Å².